The molecule has 0 aliphatic heterocycles. The Bertz CT molecular complexity index is 4110. The first-order chi connectivity index (χ1) is 35.0. The maximum absolute atomic E-state index is 2.57. The van der Waals surface area contributed by atoms with Gasteiger partial charge in [-0.3, -0.25) is 0 Å². The SMILES string of the molecule is CC1(C)c2ccccc2-c2cccc(-c3ccc(N(c4ccc5c6ccccc6c6ccccc6c5c4)c4cc5c(cc4-c4ccccc4)-c4ccccc4C54c5ccccc5-c5ccccc54)cc3)c21. The van der Waals surface area contributed by atoms with Gasteiger partial charge in [0.15, 0.2) is 0 Å². The predicted molar refractivity (Wildman–Crippen MR) is 298 cm³/mol. The summed E-state index contributed by atoms with van der Waals surface area (Å²) in [6, 6.07) is 93.8. The molecule has 0 unspecified atom stereocenters. The van der Waals surface area contributed by atoms with Gasteiger partial charge in [-0.2, -0.15) is 0 Å². The summed E-state index contributed by atoms with van der Waals surface area (Å²) in [5.74, 6) is 0. The molecule has 0 aromatic heterocycles. The van der Waals surface area contributed by atoms with E-state index in [9.17, 15) is 0 Å². The van der Waals surface area contributed by atoms with E-state index in [1.54, 1.807) is 0 Å². The fourth-order valence-electron chi connectivity index (χ4n) is 13.5. The third-order valence-electron chi connectivity index (χ3n) is 16.4. The topological polar surface area (TPSA) is 3.24 Å². The van der Waals surface area contributed by atoms with Crippen molar-refractivity contribution in [1.29, 1.82) is 0 Å². The first-order valence-corrected chi connectivity index (χ1v) is 25.0. The summed E-state index contributed by atoms with van der Waals surface area (Å²) in [7, 11) is 0. The number of benzene rings is 12. The van der Waals surface area contributed by atoms with Crippen LogP contribution in [0.4, 0.5) is 17.1 Å². The Labute approximate surface area is 414 Å². The molecule has 15 rings (SSSR count). The predicted octanol–water partition coefficient (Wildman–Crippen LogP) is 18.6. The Morgan fingerprint density at radius 1 is 0.268 bits per heavy atom. The van der Waals surface area contributed by atoms with Gasteiger partial charge in [-0.05, 0) is 152 Å². The highest BCUT2D eigenvalue weighted by molar-refractivity contribution is 6.26. The van der Waals surface area contributed by atoms with E-state index >= 15 is 0 Å². The molecule has 1 heteroatoms. The first-order valence-electron chi connectivity index (χ1n) is 25.0. The minimum atomic E-state index is -0.505. The van der Waals surface area contributed by atoms with Crippen LogP contribution in [0.2, 0.25) is 0 Å². The maximum atomic E-state index is 2.57. The van der Waals surface area contributed by atoms with E-state index in [-0.39, 0.29) is 5.41 Å². The van der Waals surface area contributed by atoms with Crippen LogP contribution in [0, 0.1) is 0 Å². The van der Waals surface area contributed by atoms with Gasteiger partial charge in [-0.1, -0.05) is 226 Å². The first kappa shape index (κ1) is 40.1. The summed E-state index contributed by atoms with van der Waals surface area (Å²) in [5.41, 5.74) is 23.5. The Kier molecular flexibility index (Phi) is 8.40. The van der Waals surface area contributed by atoms with Crippen molar-refractivity contribution in [3.05, 3.63) is 282 Å². The van der Waals surface area contributed by atoms with Crippen LogP contribution >= 0.6 is 0 Å². The van der Waals surface area contributed by atoms with E-state index in [0.29, 0.717) is 0 Å². The van der Waals surface area contributed by atoms with Crippen LogP contribution in [0.5, 0.6) is 0 Å². The zero-order valence-electron chi connectivity index (χ0n) is 39.6. The van der Waals surface area contributed by atoms with Gasteiger partial charge in [0.25, 0.3) is 0 Å². The van der Waals surface area contributed by atoms with Crippen LogP contribution in [0.1, 0.15) is 47.2 Å². The largest absolute Gasteiger partial charge is 0.310 e. The molecule has 0 saturated carbocycles. The summed E-state index contributed by atoms with van der Waals surface area (Å²) in [4.78, 5) is 2.55. The van der Waals surface area contributed by atoms with E-state index < -0.39 is 5.41 Å². The number of hydrogen-bond acceptors (Lipinski definition) is 1. The minimum absolute atomic E-state index is 0.134. The molecule has 1 nitrogen and oxygen atoms in total. The lowest BCUT2D eigenvalue weighted by atomic mass is 9.70. The Morgan fingerprint density at radius 2 is 0.704 bits per heavy atom. The second-order valence-corrected chi connectivity index (χ2v) is 20.3. The van der Waals surface area contributed by atoms with Crippen molar-refractivity contribution < 1.29 is 0 Å². The zero-order chi connectivity index (χ0) is 47.0. The molecule has 0 amide bonds. The van der Waals surface area contributed by atoms with Gasteiger partial charge in [0.1, 0.15) is 0 Å². The maximum Gasteiger partial charge on any atom is 0.0726 e. The van der Waals surface area contributed by atoms with Crippen LogP contribution < -0.4 is 4.90 Å². The van der Waals surface area contributed by atoms with Crippen molar-refractivity contribution in [3.63, 3.8) is 0 Å². The van der Waals surface area contributed by atoms with Gasteiger partial charge in [0.05, 0.1) is 11.1 Å². The molecule has 0 N–H and O–H groups in total. The summed E-state index contributed by atoms with van der Waals surface area (Å²) in [6.07, 6.45) is 0. The van der Waals surface area contributed by atoms with Crippen LogP contribution in [-0.2, 0) is 10.8 Å². The Morgan fingerprint density at radius 3 is 1.31 bits per heavy atom. The highest BCUT2D eigenvalue weighted by Crippen LogP contribution is 2.64. The number of anilines is 3. The van der Waals surface area contributed by atoms with E-state index in [0.717, 1.165) is 17.1 Å². The van der Waals surface area contributed by atoms with Gasteiger partial charge in [-0.25, -0.2) is 0 Å². The molecule has 3 aliphatic carbocycles. The summed E-state index contributed by atoms with van der Waals surface area (Å²) < 4.78 is 0. The highest BCUT2D eigenvalue weighted by Gasteiger charge is 2.52. The number of nitrogens with zero attached hydrogens (tertiary/aromatic N) is 1. The van der Waals surface area contributed by atoms with Crippen LogP contribution in [0.15, 0.2) is 249 Å². The summed E-state index contributed by atoms with van der Waals surface area (Å²) in [5, 5.41) is 7.57. The standard InChI is InChI=1S/C70H47N/c1-69(2)62-31-14-10-27-56(62)58-30-18-29-48(68(58)69)45-35-37-46(38-36-45)71(47-39-40-53-51-23-7-6-21-49(51)50-22-8-9-24-52(50)60(53)41-47)67-43-66-61(42-59(67)44-19-4-3-5-20-44)57-28-13-17-34-65(57)70(66)63-32-15-11-25-54(63)55-26-12-16-33-64(55)70/h3-43H,1-2H3. The molecule has 12 aromatic carbocycles. The van der Waals surface area contributed by atoms with Crippen molar-refractivity contribution >= 4 is 49.4 Å². The molecule has 0 fully saturated rings. The van der Waals surface area contributed by atoms with Gasteiger partial charge >= 0.3 is 0 Å². The van der Waals surface area contributed by atoms with Crippen molar-refractivity contribution in [2.24, 2.45) is 0 Å². The highest BCUT2D eigenvalue weighted by atomic mass is 15.1. The zero-order valence-corrected chi connectivity index (χ0v) is 39.6. The van der Waals surface area contributed by atoms with E-state index in [4.69, 9.17) is 0 Å². The minimum Gasteiger partial charge on any atom is -0.310 e. The number of fused-ring (bicyclic) bond motifs is 19. The number of hydrogen-bond donors (Lipinski definition) is 0. The fourth-order valence-corrected chi connectivity index (χ4v) is 13.5. The molecular formula is C70H47N. The summed E-state index contributed by atoms with van der Waals surface area (Å²) in [6.45, 7) is 4.77. The van der Waals surface area contributed by atoms with E-state index in [2.05, 4.69) is 267 Å². The molecule has 0 radical (unpaired) electrons. The Hall–Kier alpha value is -8.78. The normalized spacial score (nSPS) is 14.0. The van der Waals surface area contributed by atoms with Crippen molar-refractivity contribution in [2.75, 3.05) is 4.90 Å². The Balaban J connectivity index is 1.02. The van der Waals surface area contributed by atoms with Gasteiger partial charge in [0, 0.05) is 22.4 Å². The average Bonchev–Trinajstić information content (AvgIpc) is 4.00. The lowest BCUT2D eigenvalue weighted by molar-refractivity contribution is 0.662. The average molecular weight is 902 g/mol. The molecule has 1 spiro atoms. The number of rotatable bonds is 5. The molecule has 0 heterocycles. The molecular weight excluding hydrogens is 855 g/mol. The molecule has 12 aromatic rings. The third-order valence-corrected chi connectivity index (χ3v) is 16.4. The van der Waals surface area contributed by atoms with Gasteiger partial charge < -0.3 is 4.90 Å². The van der Waals surface area contributed by atoms with Gasteiger partial charge in [-0.15, -0.1) is 0 Å². The quantitative estimate of drug-likeness (QED) is 0.156. The smallest absolute Gasteiger partial charge is 0.0726 e. The van der Waals surface area contributed by atoms with Crippen LogP contribution in [0.3, 0.4) is 0 Å². The fraction of sp³-hybridized carbons (Fsp3) is 0.0571. The van der Waals surface area contributed by atoms with Crippen molar-refractivity contribution in [2.45, 2.75) is 24.7 Å². The molecule has 0 atom stereocenters. The lowest BCUT2D eigenvalue weighted by Crippen LogP contribution is -2.26. The molecule has 3 aliphatic rings. The lowest BCUT2D eigenvalue weighted by Gasteiger charge is -2.33. The molecule has 332 valence electrons. The molecule has 0 saturated heterocycles. The second kappa shape index (κ2) is 14.9. The monoisotopic (exact) mass is 901 g/mol. The van der Waals surface area contributed by atoms with E-state index in [1.807, 2.05) is 0 Å². The van der Waals surface area contributed by atoms with Crippen LogP contribution in [-0.4, -0.2) is 0 Å². The van der Waals surface area contributed by atoms with Crippen molar-refractivity contribution in [1.82, 2.24) is 0 Å². The van der Waals surface area contributed by atoms with Crippen LogP contribution in [0.25, 0.3) is 88.0 Å². The van der Waals surface area contributed by atoms with Crippen molar-refractivity contribution in [3.8, 4) is 55.6 Å². The van der Waals surface area contributed by atoms with E-state index in [1.165, 1.54) is 121 Å². The van der Waals surface area contributed by atoms with Gasteiger partial charge in [0.2, 0.25) is 0 Å². The second-order valence-electron chi connectivity index (χ2n) is 20.3. The third kappa shape index (κ3) is 5.46. The molecule has 71 heavy (non-hydrogen) atoms. The molecule has 0 bridgehead atoms. The summed E-state index contributed by atoms with van der Waals surface area (Å²) >= 11 is 0.